The van der Waals surface area contributed by atoms with Gasteiger partial charge in [-0.1, -0.05) is 6.42 Å². The van der Waals surface area contributed by atoms with Gasteiger partial charge >= 0.3 is 0 Å². The molecule has 0 spiro atoms. The summed E-state index contributed by atoms with van der Waals surface area (Å²) < 4.78 is 27.0. The molecule has 3 heterocycles. The number of nitrogens with one attached hydrogen (secondary N) is 1. The van der Waals surface area contributed by atoms with Crippen LogP contribution in [0.25, 0.3) is 0 Å². The quantitative estimate of drug-likeness (QED) is 0.744. The van der Waals surface area contributed by atoms with Gasteiger partial charge in [0.1, 0.15) is 4.21 Å². The standard InChI is InChI=1S/C18H23N3O3S3/c22-16(20-18-19-14-6-2-1-3-7-15(14)26-18)12-13-8-9-17(25-13)27(23,24)21-10-4-5-11-21/h8-9H,1-7,10-12H2,(H,19,20,22). The minimum atomic E-state index is -3.41. The minimum absolute atomic E-state index is 0.147. The molecule has 0 atom stereocenters. The van der Waals surface area contributed by atoms with E-state index in [1.165, 1.54) is 33.4 Å². The van der Waals surface area contributed by atoms with Gasteiger partial charge in [-0.3, -0.25) is 4.79 Å². The van der Waals surface area contributed by atoms with Crippen LogP contribution in [0, 0.1) is 0 Å². The summed E-state index contributed by atoms with van der Waals surface area (Å²) in [7, 11) is -3.41. The summed E-state index contributed by atoms with van der Waals surface area (Å²) in [6, 6.07) is 3.36. The number of aromatic nitrogens is 1. The summed E-state index contributed by atoms with van der Waals surface area (Å²) >= 11 is 2.76. The number of carbonyl (C=O) groups excluding carboxylic acids is 1. The monoisotopic (exact) mass is 425 g/mol. The van der Waals surface area contributed by atoms with Gasteiger partial charge in [0.15, 0.2) is 5.13 Å². The first kappa shape index (κ1) is 19.0. The number of rotatable bonds is 5. The summed E-state index contributed by atoms with van der Waals surface area (Å²) in [6.45, 7) is 1.18. The lowest BCUT2D eigenvalue weighted by Crippen LogP contribution is -2.27. The Morgan fingerprint density at radius 1 is 1.07 bits per heavy atom. The lowest BCUT2D eigenvalue weighted by atomic mass is 10.2. The average Bonchev–Trinajstić information content (AvgIpc) is 3.35. The molecular formula is C18H23N3O3S3. The zero-order valence-corrected chi connectivity index (χ0v) is 17.5. The second kappa shape index (κ2) is 7.98. The number of carbonyl (C=O) groups is 1. The highest BCUT2D eigenvalue weighted by Gasteiger charge is 2.28. The van der Waals surface area contributed by atoms with Crippen LogP contribution in [0.4, 0.5) is 5.13 Å². The largest absolute Gasteiger partial charge is 0.302 e. The average molecular weight is 426 g/mol. The molecule has 1 fully saturated rings. The Morgan fingerprint density at radius 2 is 1.85 bits per heavy atom. The normalized spacial score (nSPS) is 18.2. The van der Waals surface area contributed by atoms with Crippen molar-refractivity contribution in [3.63, 3.8) is 0 Å². The van der Waals surface area contributed by atoms with Gasteiger partial charge in [0, 0.05) is 22.8 Å². The summed E-state index contributed by atoms with van der Waals surface area (Å²) in [6.07, 6.45) is 7.63. The van der Waals surface area contributed by atoms with Gasteiger partial charge in [0.25, 0.3) is 10.0 Å². The fourth-order valence-electron chi connectivity index (χ4n) is 3.55. The zero-order chi connectivity index (χ0) is 18.9. The molecule has 0 saturated carbocycles. The van der Waals surface area contributed by atoms with Crippen LogP contribution in [-0.4, -0.2) is 36.7 Å². The summed E-state index contributed by atoms with van der Waals surface area (Å²) in [5.74, 6) is -0.147. The molecule has 1 aliphatic heterocycles. The van der Waals surface area contributed by atoms with Crippen molar-refractivity contribution in [2.45, 2.75) is 55.6 Å². The highest BCUT2D eigenvalue weighted by atomic mass is 32.2. The van der Waals surface area contributed by atoms with Gasteiger partial charge < -0.3 is 5.32 Å². The number of fused-ring (bicyclic) bond motifs is 1. The molecule has 6 nitrogen and oxygen atoms in total. The number of aryl methyl sites for hydroxylation is 2. The Kier molecular flexibility index (Phi) is 5.63. The molecule has 1 aliphatic carbocycles. The fraction of sp³-hybridized carbons (Fsp3) is 0.556. The van der Waals surface area contributed by atoms with E-state index < -0.39 is 10.0 Å². The topological polar surface area (TPSA) is 79.4 Å². The highest BCUT2D eigenvalue weighted by molar-refractivity contribution is 7.91. The number of anilines is 1. The molecule has 2 aromatic rings. The smallest absolute Gasteiger partial charge is 0.252 e. The van der Waals surface area contributed by atoms with E-state index in [-0.39, 0.29) is 12.3 Å². The van der Waals surface area contributed by atoms with Crippen LogP contribution >= 0.6 is 22.7 Å². The van der Waals surface area contributed by atoms with Gasteiger partial charge in [-0.05, 0) is 50.7 Å². The summed E-state index contributed by atoms with van der Waals surface area (Å²) in [5.41, 5.74) is 1.13. The number of thiazole rings is 1. The zero-order valence-electron chi connectivity index (χ0n) is 15.1. The number of sulfonamides is 1. The van der Waals surface area contributed by atoms with Crippen LogP contribution in [0.3, 0.4) is 0 Å². The maximum atomic E-state index is 12.6. The first-order valence-corrected chi connectivity index (χ1v) is 12.5. The van der Waals surface area contributed by atoms with Crippen molar-refractivity contribution in [2.24, 2.45) is 0 Å². The van der Waals surface area contributed by atoms with E-state index in [0.29, 0.717) is 22.4 Å². The summed E-state index contributed by atoms with van der Waals surface area (Å²) in [4.78, 5) is 19.0. The Hall–Kier alpha value is -1.29. The van der Waals surface area contributed by atoms with Crippen molar-refractivity contribution in [1.29, 1.82) is 0 Å². The predicted molar refractivity (Wildman–Crippen MR) is 108 cm³/mol. The third kappa shape index (κ3) is 4.26. The Labute approximate surface area is 167 Å². The van der Waals surface area contributed by atoms with E-state index >= 15 is 0 Å². The third-order valence-electron chi connectivity index (χ3n) is 4.97. The van der Waals surface area contributed by atoms with Crippen LogP contribution in [0.5, 0.6) is 0 Å². The van der Waals surface area contributed by atoms with Crippen molar-refractivity contribution >= 4 is 43.7 Å². The van der Waals surface area contributed by atoms with Gasteiger partial charge in [0.2, 0.25) is 5.91 Å². The molecule has 0 bridgehead atoms. The van der Waals surface area contributed by atoms with Crippen LogP contribution in [0.15, 0.2) is 16.3 Å². The third-order valence-corrected chi connectivity index (χ3v) is 9.50. The molecule has 146 valence electrons. The van der Waals surface area contributed by atoms with Crippen LogP contribution in [0.1, 0.15) is 47.6 Å². The van der Waals surface area contributed by atoms with Gasteiger partial charge in [-0.15, -0.1) is 22.7 Å². The molecule has 1 N–H and O–H groups in total. The first-order valence-electron chi connectivity index (χ1n) is 9.40. The SMILES string of the molecule is O=C(Cc1ccc(S(=O)(=O)N2CCCC2)s1)Nc1nc2c(s1)CCCCC2. The minimum Gasteiger partial charge on any atom is -0.302 e. The molecule has 0 unspecified atom stereocenters. The molecule has 9 heteroatoms. The lowest BCUT2D eigenvalue weighted by molar-refractivity contribution is -0.115. The Bertz CT molecular complexity index is 903. The molecular weight excluding hydrogens is 402 g/mol. The molecule has 27 heavy (non-hydrogen) atoms. The van der Waals surface area contributed by atoms with E-state index in [9.17, 15) is 13.2 Å². The van der Waals surface area contributed by atoms with Crippen molar-refractivity contribution in [2.75, 3.05) is 18.4 Å². The second-order valence-electron chi connectivity index (χ2n) is 7.01. The molecule has 2 aromatic heterocycles. The van der Waals surface area contributed by atoms with Crippen LogP contribution < -0.4 is 5.32 Å². The maximum absolute atomic E-state index is 12.6. The Morgan fingerprint density at radius 3 is 2.67 bits per heavy atom. The van der Waals surface area contributed by atoms with E-state index in [4.69, 9.17) is 0 Å². The van der Waals surface area contributed by atoms with Crippen molar-refractivity contribution in [3.8, 4) is 0 Å². The van der Waals surface area contributed by atoms with Crippen molar-refractivity contribution < 1.29 is 13.2 Å². The second-order valence-corrected chi connectivity index (χ2v) is 11.4. The van der Waals surface area contributed by atoms with E-state index in [2.05, 4.69) is 10.3 Å². The molecule has 2 aliphatic rings. The van der Waals surface area contributed by atoms with Gasteiger partial charge in [-0.2, -0.15) is 4.31 Å². The first-order chi connectivity index (χ1) is 13.0. The van der Waals surface area contributed by atoms with Crippen LogP contribution in [-0.2, 0) is 34.1 Å². The van der Waals surface area contributed by atoms with Gasteiger partial charge in [-0.25, -0.2) is 13.4 Å². The maximum Gasteiger partial charge on any atom is 0.252 e. The molecule has 0 radical (unpaired) electrons. The molecule has 0 aromatic carbocycles. The number of amides is 1. The van der Waals surface area contributed by atoms with Crippen molar-refractivity contribution in [1.82, 2.24) is 9.29 Å². The highest BCUT2D eigenvalue weighted by Crippen LogP contribution is 2.30. The van der Waals surface area contributed by atoms with E-state index in [1.807, 2.05) is 0 Å². The summed E-state index contributed by atoms with van der Waals surface area (Å²) in [5, 5.41) is 3.55. The van der Waals surface area contributed by atoms with Crippen LogP contribution in [0.2, 0.25) is 0 Å². The van der Waals surface area contributed by atoms with E-state index in [1.54, 1.807) is 23.5 Å². The number of nitrogens with zero attached hydrogens (tertiary/aromatic N) is 2. The van der Waals surface area contributed by atoms with Crippen molar-refractivity contribution in [3.05, 3.63) is 27.6 Å². The van der Waals surface area contributed by atoms with Gasteiger partial charge in [0.05, 0.1) is 12.1 Å². The molecule has 4 rings (SSSR count). The van der Waals surface area contributed by atoms with E-state index in [0.717, 1.165) is 42.7 Å². The number of hydrogen-bond donors (Lipinski definition) is 1. The number of hydrogen-bond acceptors (Lipinski definition) is 6. The molecule has 1 saturated heterocycles. The Balaban J connectivity index is 1.40. The molecule has 1 amide bonds. The fourth-order valence-corrected chi connectivity index (χ4v) is 7.64. The lowest BCUT2D eigenvalue weighted by Gasteiger charge is -2.13. The number of thiophene rings is 1. The predicted octanol–water partition coefficient (Wildman–Crippen LogP) is 3.44.